The summed E-state index contributed by atoms with van der Waals surface area (Å²) in [7, 11) is 0. The van der Waals surface area contributed by atoms with Crippen molar-refractivity contribution in [3.8, 4) is 11.5 Å². The van der Waals surface area contributed by atoms with Crippen LogP contribution >= 0.6 is 0 Å². The van der Waals surface area contributed by atoms with Gasteiger partial charge in [0.15, 0.2) is 12.4 Å². The topological polar surface area (TPSA) is 64.6 Å². The fourth-order valence-electron chi connectivity index (χ4n) is 2.03. The van der Waals surface area contributed by atoms with Gasteiger partial charge in [-0.2, -0.15) is 0 Å². The summed E-state index contributed by atoms with van der Waals surface area (Å²) in [4.78, 5) is 23.3. The number of hydrogen-bond acceptors (Lipinski definition) is 4. The van der Waals surface area contributed by atoms with Crippen molar-refractivity contribution in [3.05, 3.63) is 54.1 Å². The van der Waals surface area contributed by atoms with Gasteiger partial charge in [0.05, 0.1) is 12.3 Å². The zero-order valence-electron chi connectivity index (χ0n) is 13.9. The minimum absolute atomic E-state index is 0.0111. The van der Waals surface area contributed by atoms with E-state index in [4.69, 9.17) is 9.47 Å². The van der Waals surface area contributed by atoms with Crippen molar-refractivity contribution in [2.24, 2.45) is 0 Å². The van der Waals surface area contributed by atoms with Crippen molar-refractivity contribution < 1.29 is 19.1 Å². The Morgan fingerprint density at radius 3 is 2.38 bits per heavy atom. The van der Waals surface area contributed by atoms with Gasteiger partial charge in [0.25, 0.3) is 5.91 Å². The van der Waals surface area contributed by atoms with Gasteiger partial charge in [-0.15, -0.1) is 0 Å². The van der Waals surface area contributed by atoms with E-state index in [-0.39, 0.29) is 18.3 Å². The highest BCUT2D eigenvalue weighted by molar-refractivity contribution is 5.94. The third-order valence-electron chi connectivity index (χ3n) is 3.25. The predicted molar refractivity (Wildman–Crippen MR) is 92.8 cm³/mol. The second-order valence-corrected chi connectivity index (χ2v) is 5.26. The normalized spacial score (nSPS) is 10.1. The van der Waals surface area contributed by atoms with Crippen molar-refractivity contribution in [3.63, 3.8) is 0 Å². The molecule has 0 saturated heterocycles. The lowest BCUT2D eigenvalue weighted by Crippen LogP contribution is -2.20. The average molecular weight is 327 g/mol. The molecule has 0 fully saturated rings. The van der Waals surface area contributed by atoms with Gasteiger partial charge in [0.1, 0.15) is 11.5 Å². The van der Waals surface area contributed by atoms with E-state index in [0.717, 1.165) is 6.42 Å². The number of hydrogen-bond donors (Lipinski definition) is 1. The molecule has 0 spiro atoms. The summed E-state index contributed by atoms with van der Waals surface area (Å²) in [5, 5.41) is 2.78. The SMILES string of the molecule is CCCOc1ccccc1NC(=O)COc1ccc(C(C)=O)cc1. The lowest BCUT2D eigenvalue weighted by molar-refractivity contribution is -0.118. The summed E-state index contributed by atoms with van der Waals surface area (Å²) in [5.74, 6) is 0.880. The number of anilines is 1. The first-order chi connectivity index (χ1) is 11.6. The van der Waals surface area contributed by atoms with Crippen LogP contribution in [0.4, 0.5) is 5.69 Å². The molecule has 0 radical (unpaired) electrons. The standard InChI is InChI=1S/C19H21NO4/c1-3-12-23-18-7-5-4-6-17(18)20-19(22)13-24-16-10-8-15(9-11-16)14(2)21/h4-11H,3,12-13H2,1-2H3,(H,20,22). The lowest BCUT2D eigenvalue weighted by atomic mass is 10.1. The zero-order chi connectivity index (χ0) is 17.4. The Morgan fingerprint density at radius 2 is 1.71 bits per heavy atom. The first-order valence-electron chi connectivity index (χ1n) is 7.85. The Balaban J connectivity index is 1.90. The third kappa shape index (κ3) is 5.12. The molecule has 5 nitrogen and oxygen atoms in total. The van der Waals surface area contributed by atoms with E-state index in [1.54, 1.807) is 30.3 Å². The molecule has 1 amide bonds. The van der Waals surface area contributed by atoms with Crippen LogP contribution < -0.4 is 14.8 Å². The Bertz CT molecular complexity index is 695. The molecule has 0 heterocycles. The maximum absolute atomic E-state index is 12.0. The molecule has 1 N–H and O–H groups in total. The van der Waals surface area contributed by atoms with Crippen molar-refractivity contribution in [2.45, 2.75) is 20.3 Å². The van der Waals surface area contributed by atoms with E-state index in [1.165, 1.54) is 6.92 Å². The average Bonchev–Trinajstić information content (AvgIpc) is 2.59. The number of amides is 1. The Morgan fingerprint density at radius 1 is 1.00 bits per heavy atom. The number of Topliss-reactive ketones (excluding diaryl/α,β-unsaturated/α-hetero) is 1. The second kappa shape index (κ2) is 8.72. The van der Waals surface area contributed by atoms with Gasteiger partial charge in [0.2, 0.25) is 0 Å². The molecule has 2 aromatic rings. The molecule has 0 bridgehead atoms. The smallest absolute Gasteiger partial charge is 0.262 e. The molecule has 126 valence electrons. The van der Waals surface area contributed by atoms with Crippen molar-refractivity contribution in [2.75, 3.05) is 18.5 Å². The number of ketones is 1. The predicted octanol–water partition coefficient (Wildman–Crippen LogP) is 3.70. The minimum atomic E-state index is -0.279. The van der Waals surface area contributed by atoms with E-state index in [1.807, 2.05) is 25.1 Å². The van der Waals surface area contributed by atoms with Gasteiger partial charge >= 0.3 is 0 Å². The molecule has 0 aliphatic heterocycles. The van der Waals surface area contributed by atoms with Crippen LogP contribution in [-0.4, -0.2) is 24.9 Å². The molecule has 24 heavy (non-hydrogen) atoms. The fraction of sp³-hybridized carbons (Fsp3) is 0.263. The lowest BCUT2D eigenvalue weighted by Gasteiger charge is -2.12. The molecule has 0 unspecified atom stereocenters. The van der Waals surface area contributed by atoms with Gasteiger partial charge in [0, 0.05) is 5.56 Å². The summed E-state index contributed by atoms with van der Waals surface area (Å²) in [6.07, 6.45) is 0.891. The molecule has 0 aliphatic rings. The van der Waals surface area contributed by atoms with Gasteiger partial charge in [-0.1, -0.05) is 19.1 Å². The largest absolute Gasteiger partial charge is 0.491 e. The number of ether oxygens (including phenoxy) is 2. The van der Waals surface area contributed by atoms with Crippen molar-refractivity contribution in [1.29, 1.82) is 0 Å². The van der Waals surface area contributed by atoms with Crippen molar-refractivity contribution >= 4 is 17.4 Å². The van der Waals surface area contributed by atoms with Gasteiger partial charge in [-0.3, -0.25) is 9.59 Å². The molecule has 0 aromatic heterocycles. The zero-order valence-corrected chi connectivity index (χ0v) is 13.9. The number of nitrogens with one attached hydrogen (secondary N) is 1. The van der Waals surface area contributed by atoms with E-state index in [9.17, 15) is 9.59 Å². The fourth-order valence-corrected chi connectivity index (χ4v) is 2.03. The van der Waals surface area contributed by atoms with Gasteiger partial charge in [-0.25, -0.2) is 0 Å². The van der Waals surface area contributed by atoms with Crippen LogP contribution in [0.2, 0.25) is 0 Å². The van der Waals surface area contributed by atoms with E-state index >= 15 is 0 Å². The molecular formula is C19H21NO4. The monoisotopic (exact) mass is 327 g/mol. The first-order valence-corrected chi connectivity index (χ1v) is 7.85. The highest BCUT2D eigenvalue weighted by Gasteiger charge is 2.08. The third-order valence-corrected chi connectivity index (χ3v) is 3.25. The summed E-state index contributed by atoms with van der Waals surface area (Å²) >= 11 is 0. The number of benzene rings is 2. The van der Waals surface area contributed by atoms with Crippen LogP contribution in [0.25, 0.3) is 0 Å². The number of rotatable bonds is 8. The number of carbonyl (C=O) groups excluding carboxylic acids is 2. The van der Waals surface area contributed by atoms with Gasteiger partial charge < -0.3 is 14.8 Å². The Labute approximate surface area is 141 Å². The summed E-state index contributed by atoms with van der Waals surface area (Å²) in [6.45, 7) is 3.99. The second-order valence-electron chi connectivity index (χ2n) is 5.26. The van der Waals surface area contributed by atoms with Crippen molar-refractivity contribution in [1.82, 2.24) is 0 Å². The first kappa shape index (κ1) is 17.5. The Kier molecular flexibility index (Phi) is 6.37. The van der Waals surface area contributed by atoms with Crippen LogP contribution in [0.3, 0.4) is 0 Å². The number of carbonyl (C=O) groups is 2. The summed E-state index contributed by atoms with van der Waals surface area (Å²) in [6, 6.07) is 14.0. The maximum atomic E-state index is 12.0. The van der Waals surface area contributed by atoms with Crippen LogP contribution in [-0.2, 0) is 4.79 Å². The maximum Gasteiger partial charge on any atom is 0.262 e. The van der Waals surface area contributed by atoms with E-state index < -0.39 is 0 Å². The molecule has 2 aromatic carbocycles. The van der Waals surface area contributed by atoms with Crippen LogP contribution in [0, 0.1) is 0 Å². The highest BCUT2D eigenvalue weighted by atomic mass is 16.5. The van der Waals surface area contributed by atoms with Crippen LogP contribution in [0.1, 0.15) is 30.6 Å². The highest BCUT2D eigenvalue weighted by Crippen LogP contribution is 2.23. The minimum Gasteiger partial charge on any atom is -0.491 e. The quantitative estimate of drug-likeness (QED) is 0.751. The summed E-state index contributed by atoms with van der Waals surface area (Å²) in [5.41, 5.74) is 1.22. The van der Waals surface area contributed by atoms with Crippen LogP contribution in [0.5, 0.6) is 11.5 Å². The number of para-hydroxylation sites is 2. The molecule has 2 rings (SSSR count). The van der Waals surface area contributed by atoms with E-state index in [0.29, 0.717) is 29.4 Å². The van der Waals surface area contributed by atoms with Crippen LogP contribution in [0.15, 0.2) is 48.5 Å². The molecule has 0 aliphatic carbocycles. The molecule has 5 heteroatoms. The molecule has 0 atom stereocenters. The molecule has 0 saturated carbocycles. The summed E-state index contributed by atoms with van der Waals surface area (Å²) < 4.78 is 11.0. The van der Waals surface area contributed by atoms with E-state index in [2.05, 4.69) is 5.32 Å². The molecular weight excluding hydrogens is 306 g/mol. The van der Waals surface area contributed by atoms with Gasteiger partial charge in [-0.05, 0) is 49.7 Å². The Hall–Kier alpha value is -2.82.